The second-order valence-electron chi connectivity index (χ2n) is 7.23. The highest BCUT2D eigenvalue weighted by Crippen LogP contribution is 2.32. The zero-order valence-electron chi connectivity index (χ0n) is 17.2. The summed E-state index contributed by atoms with van der Waals surface area (Å²) < 4.78 is 37.3. The smallest absolute Gasteiger partial charge is 0.255 e. The summed E-state index contributed by atoms with van der Waals surface area (Å²) in [5.41, 5.74) is 8.33. The molecule has 1 aliphatic heterocycles. The van der Waals surface area contributed by atoms with Gasteiger partial charge in [-0.1, -0.05) is 23.2 Å². The number of benzene rings is 1. The molecule has 0 radical (unpaired) electrons. The number of pyridine rings is 2. The fourth-order valence-corrected chi connectivity index (χ4v) is 3.85. The zero-order valence-corrected chi connectivity index (χ0v) is 18.7. The van der Waals surface area contributed by atoms with Crippen LogP contribution in [0.25, 0.3) is 0 Å². The molecule has 1 aliphatic rings. The van der Waals surface area contributed by atoms with Crippen LogP contribution in [-0.4, -0.2) is 41.8 Å². The van der Waals surface area contributed by atoms with E-state index in [9.17, 15) is 8.78 Å². The van der Waals surface area contributed by atoms with E-state index in [0.717, 1.165) is 0 Å². The number of aromatic nitrogens is 2. The van der Waals surface area contributed by atoms with Gasteiger partial charge in [-0.2, -0.15) is 0 Å². The van der Waals surface area contributed by atoms with E-state index in [1.54, 1.807) is 24.3 Å². The lowest BCUT2D eigenvalue weighted by Crippen LogP contribution is -2.36. The number of fused-ring (bicyclic) bond motifs is 1. The number of nitrogen functional groups attached to an aromatic ring is 1. The number of rotatable bonds is 7. The van der Waals surface area contributed by atoms with Crippen molar-refractivity contribution >= 4 is 40.3 Å². The molecule has 11 heteroatoms. The minimum Gasteiger partial charge on any atom is -0.489 e. The minimum atomic E-state index is -2.51. The second kappa shape index (κ2) is 9.76. The van der Waals surface area contributed by atoms with E-state index in [1.807, 2.05) is 0 Å². The molecule has 0 unspecified atom stereocenters. The fourth-order valence-electron chi connectivity index (χ4n) is 3.37. The number of anilines is 2. The summed E-state index contributed by atoms with van der Waals surface area (Å²) >= 11 is 12.3. The third-order valence-corrected chi connectivity index (χ3v) is 5.70. The minimum absolute atomic E-state index is 0.0656. The Morgan fingerprint density at radius 3 is 2.70 bits per heavy atom. The van der Waals surface area contributed by atoms with Gasteiger partial charge in [0.1, 0.15) is 24.7 Å². The van der Waals surface area contributed by atoms with Crippen molar-refractivity contribution in [3.8, 4) is 11.6 Å². The van der Waals surface area contributed by atoms with Crippen molar-refractivity contribution in [3.63, 3.8) is 0 Å². The van der Waals surface area contributed by atoms with Crippen LogP contribution in [0, 0.1) is 5.41 Å². The second-order valence-corrected chi connectivity index (χ2v) is 8.04. The van der Waals surface area contributed by atoms with Crippen molar-refractivity contribution in [3.05, 3.63) is 69.6 Å². The number of hydrogen-bond donors (Lipinski definition) is 2. The van der Waals surface area contributed by atoms with Crippen molar-refractivity contribution in [1.29, 1.82) is 5.41 Å². The Bertz CT molecular complexity index is 1180. The molecule has 4 rings (SSSR count). The fraction of sp³-hybridized carbons (Fsp3) is 0.227. The maximum Gasteiger partial charge on any atom is 0.255 e. The van der Waals surface area contributed by atoms with E-state index in [4.69, 9.17) is 43.8 Å². The molecule has 0 saturated carbocycles. The molecule has 7 nitrogen and oxygen atoms in total. The summed E-state index contributed by atoms with van der Waals surface area (Å²) in [5, 5.41) is 9.42. The van der Waals surface area contributed by atoms with Crippen molar-refractivity contribution < 1.29 is 18.3 Å². The number of halogens is 4. The normalized spacial score (nSPS) is 12.9. The molecule has 0 saturated heterocycles. The molecule has 0 spiro atoms. The van der Waals surface area contributed by atoms with Gasteiger partial charge < -0.3 is 20.1 Å². The van der Waals surface area contributed by atoms with Crippen LogP contribution in [0.15, 0.2) is 42.9 Å². The molecule has 33 heavy (non-hydrogen) atoms. The molecule has 0 atom stereocenters. The molecule has 3 aromatic rings. The van der Waals surface area contributed by atoms with Crippen LogP contribution in [-0.2, 0) is 6.61 Å². The van der Waals surface area contributed by atoms with Gasteiger partial charge in [0.05, 0.1) is 28.8 Å². The molecule has 0 aliphatic carbocycles. The molecule has 3 heterocycles. The zero-order chi connectivity index (χ0) is 23.5. The Morgan fingerprint density at radius 1 is 1.21 bits per heavy atom. The van der Waals surface area contributed by atoms with Gasteiger partial charge >= 0.3 is 0 Å². The lowest BCUT2D eigenvalue weighted by atomic mass is 10.0. The average Bonchev–Trinajstić information content (AvgIpc) is 2.79. The standard InChI is InChI=1S/C22H19Cl2F2N5O2/c23-16-8-29-9-17(24)15(16)11-33-13-1-2-18(27)14(6-13)21(28)12-5-19-22(30-7-12)32-4-3-31(19)10-20(25)26/h1-2,5-9,20,28H,3-4,10-11,27H2. The molecule has 2 aromatic heterocycles. The van der Waals surface area contributed by atoms with E-state index in [2.05, 4.69) is 9.97 Å². The van der Waals surface area contributed by atoms with E-state index >= 15 is 0 Å². The molecule has 1 aromatic carbocycles. The van der Waals surface area contributed by atoms with Crippen LogP contribution in [0.4, 0.5) is 20.2 Å². The van der Waals surface area contributed by atoms with Gasteiger partial charge in [0, 0.05) is 41.0 Å². The summed E-state index contributed by atoms with van der Waals surface area (Å²) in [6.45, 7) is 0.223. The van der Waals surface area contributed by atoms with Gasteiger partial charge in [-0.15, -0.1) is 0 Å². The molecule has 0 fully saturated rings. The monoisotopic (exact) mass is 493 g/mol. The summed E-state index contributed by atoms with van der Waals surface area (Å²) in [4.78, 5) is 9.62. The molecule has 3 N–H and O–H groups in total. The Kier molecular flexibility index (Phi) is 6.80. The van der Waals surface area contributed by atoms with Crippen LogP contribution < -0.4 is 20.1 Å². The maximum atomic E-state index is 13.0. The largest absolute Gasteiger partial charge is 0.489 e. The number of hydrogen-bond acceptors (Lipinski definition) is 7. The van der Waals surface area contributed by atoms with Gasteiger partial charge in [-0.25, -0.2) is 13.8 Å². The highest BCUT2D eigenvalue weighted by molar-refractivity contribution is 6.35. The Labute approximate surface area is 198 Å². The average molecular weight is 494 g/mol. The van der Waals surface area contributed by atoms with Crippen molar-refractivity contribution in [1.82, 2.24) is 9.97 Å². The Morgan fingerprint density at radius 2 is 1.97 bits per heavy atom. The maximum absolute atomic E-state index is 13.0. The van der Waals surface area contributed by atoms with Gasteiger partial charge in [-0.05, 0) is 24.3 Å². The first-order chi connectivity index (χ1) is 15.8. The first kappa shape index (κ1) is 23.0. The lowest BCUT2D eigenvalue weighted by molar-refractivity contribution is 0.151. The predicted molar refractivity (Wildman–Crippen MR) is 123 cm³/mol. The topological polar surface area (TPSA) is 97.4 Å². The summed E-state index contributed by atoms with van der Waals surface area (Å²) in [7, 11) is 0. The lowest BCUT2D eigenvalue weighted by Gasteiger charge is -2.30. The summed E-state index contributed by atoms with van der Waals surface area (Å²) in [6.07, 6.45) is 1.89. The molecule has 172 valence electrons. The molecule has 0 amide bonds. The van der Waals surface area contributed by atoms with Gasteiger partial charge in [0.2, 0.25) is 5.88 Å². The number of ether oxygens (including phenoxy) is 2. The van der Waals surface area contributed by atoms with Crippen molar-refractivity contribution in [2.45, 2.75) is 13.0 Å². The van der Waals surface area contributed by atoms with Crippen LogP contribution in [0.1, 0.15) is 16.7 Å². The molecule has 0 bridgehead atoms. The first-order valence-electron chi connectivity index (χ1n) is 9.89. The summed E-state index contributed by atoms with van der Waals surface area (Å²) in [6, 6.07) is 6.51. The quantitative estimate of drug-likeness (QED) is 0.361. The van der Waals surface area contributed by atoms with Crippen molar-refractivity contribution in [2.24, 2.45) is 0 Å². The van der Waals surface area contributed by atoms with E-state index in [-0.39, 0.29) is 24.8 Å². The van der Waals surface area contributed by atoms with Crippen molar-refractivity contribution in [2.75, 3.05) is 30.3 Å². The van der Waals surface area contributed by atoms with E-state index in [0.29, 0.717) is 50.4 Å². The number of nitrogens with one attached hydrogen (secondary N) is 1. The Hall–Kier alpha value is -3.17. The predicted octanol–water partition coefficient (Wildman–Crippen LogP) is 4.82. The molecular weight excluding hydrogens is 475 g/mol. The summed E-state index contributed by atoms with van der Waals surface area (Å²) in [5.74, 6) is 0.705. The van der Waals surface area contributed by atoms with Gasteiger partial charge in [0.15, 0.2) is 0 Å². The van der Waals surface area contributed by atoms with Crippen LogP contribution in [0.3, 0.4) is 0 Å². The van der Waals surface area contributed by atoms with E-state index < -0.39 is 13.0 Å². The van der Waals surface area contributed by atoms with Crippen LogP contribution >= 0.6 is 23.2 Å². The SMILES string of the molecule is N=C(c1cnc2c(c1)N(CC(F)F)CCO2)c1cc(OCc2c(Cl)cncc2Cl)ccc1N. The Balaban J connectivity index is 1.59. The number of nitrogens with zero attached hydrogens (tertiary/aromatic N) is 3. The van der Waals surface area contributed by atoms with Gasteiger partial charge in [0.25, 0.3) is 6.43 Å². The number of nitrogens with two attached hydrogens (primary N) is 1. The first-order valence-corrected chi connectivity index (χ1v) is 10.6. The van der Waals surface area contributed by atoms with Crippen LogP contribution in [0.5, 0.6) is 11.6 Å². The third-order valence-electron chi connectivity index (χ3n) is 5.05. The van der Waals surface area contributed by atoms with Gasteiger partial charge in [-0.3, -0.25) is 10.4 Å². The third kappa shape index (κ3) is 5.09. The van der Waals surface area contributed by atoms with E-state index in [1.165, 1.54) is 23.5 Å². The van der Waals surface area contributed by atoms with Crippen LogP contribution in [0.2, 0.25) is 10.0 Å². The highest BCUT2D eigenvalue weighted by Gasteiger charge is 2.24. The highest BCUT2D eigenvalue weighted by atomic mass is 35.5. The molecular formula is C22H19Cl2F2N5O2. The number of alkyl halides is 2.